The lowest BCUT2D eigenvalue weighted by molar-refractivity contribution is -0.138. The van der Waals surface area contributed by atoms with Crippen LogP contribution in [0.3, 0.4) is 0 Å². The molecule has 48 heavy (non-hydrogen) atoms. The Morgan fingerprint density at radius 1 is 1.02 bits per heavy atom. The fourth-order valence-corrected chi connectivity index (χ4v) is 4.94. The molecule has 0 spiro atoms. The van der Waals surface area contributed by atoms with Gasteiger partial charge in [-0.2, -0.15) is 21.6 Å². The van der Waals surface area contributed by atoms with E-state index in [2.05, 4.69) is 20.6 Å². The van der Waals surface area contributed by atoms with Crippen LogP contribution in [0.15, 0.2) is 36.4 Å². The van der Waals surface area contributed by atoms with E-state index in [1.54, 1.807) is 13.0 Å². The number of carboxylic acid groups (broad SMARTS) is 1. The lowest BCUT2D eigenvalue weighted by Crippen LogP contribution is -2.56. The van der Waals surface area contributed by atoms with Crippen molar-refractivity contribution >= 4 is 39.8 Å². The van der Waals surface area contributed by atoms with E-state index in [4.69, 9.17) is 17.7 Å². The molecule has 2 aliphatic rings. The Balaban J connectivity index is 0.000000694. The number of aromatic nitrogens is 2. The summed E-state index contributed by atoms with van der Waals surface area (Å²) in [6.07, 6.45) is 3.47. The zero-order valence-electron chi connectivity index (χ0n) is 26.0. The molecule has 1 aliphatic carbocycles. The smallest absolute Gasteiger partial charge is 0.481 e. The monoisotopic (exact) mass is 702 g/mol. The normalized spacial score (nSPS) is 15.9. The van der Waals surface area contributed by atoms with Gasteiger partial charge < -0.3 is 30.3 Å². The highest BCUT2D eigenvalue weighted by atomic mass is 32.2. The highest BCUT2D eigenvalue weighted by Crippen LogP contribution is 2.24. The van der Waals surface area contributed by atoms with Gasteiger partial charge in [0.2, 0.25) is 5.91 Å². The lowest BCUT2D eigenvalue weighted by Gasteiger charge is -2.35. The molecule has 1 aromatic carbocycles. The highest BCUT2D eigenvalue weighted by molar-refractivity contribution is 7.86. The van der Waals surface area contributed by atoms with Crippen molar-refractivity contribution in [2.75, 3.05) is 38.1 Å². The standard InChI is InChI=1S/C28H36N6O6.CHF3O3S/c1-2-40-28(39)34-16-14-33(15-17-34)27(38)21(12-13-24(35)36)31-26(37)22-18-23(29-20-10-6-7-11-20)32-25(30-22)19-8-4-3-5-9-19;2-1(3,4)8(5,6)7/h3-5,8-9,18,20-21H,2,6-7,10-17H2,1H3,(H,31,37)(H,35,36)(H,29,30,32);(H,5,6,7)/t21-;/m0./s1. The van der Waals surface area contributed by atoms with Crippen molar-refractivity contribution in [1.82, 2.24) is 25.1 Å². The Hall–Kier alpha value is -4.52. The number of halogens is 3. The quantitative estimate of drug-likeness (QED) is 0.208. The molecule has 2 fully saturated rings. The first-order valence-corrected chi connectivity index (χ1v) is 16.5. The molecule has 3 amide bonds. The van der Waals surface area contributed by atoms with Crippen molar-refractivity contribution in [2.24, 2.45) is 0 Å². The molecule has 4 rings (SSSR count). The zero-order valence-corrected chi connectivity index (χ0v) is 26.8. The minimum atomic E-state index is -5.84. The van der Waals surface area contributed by atoms with Gasteiger partial charge in [-0.3, -0.25) is 18.9 Å². The van der Waals surface area contributed by atoms with E-state index >= 15 is 0 Å². The predicted octanol–water partition coefficient (Wildman–Crippen LogP) is 3.16. The summed E-state index contributed by atoms with van der Waals surface area (Å²) in [7, 11) is -5.84. The number of carboxylic acids is 1. The second kappa shape index (κ2) is 17.0. The molecule has 264 valence electrons. The van der Waals surface area contributed by atoms with Gasteiger partial charge in [-0.15, -0.1) is 0 Å². The fraction of sp³-hybridized carbons (Fsp3) is 0.517. The minimum Gasteiger partial charge on any atom is -0.481 e. The number of aliphatic carboxylic acids is 1. The van der Waals surface area contributed by atoms with Gasteiger partial charge in [-0.1, -0.05) is 43.2 Å². The Kier molecular flexibility index (Phi) is 13.5. The molecule has 1 atom stereocenters. The summed E-state index contributed by atoms with van der Waals surface area (Å²) >= 11 is 0. The van der Waals surface area contributed by atoms with Crippen LogP contribution in [0.2, 0.25) is 0 Å². The van der Waals surface area contributed by atoms with Crippen LogP contribution in [0, 0.1) is 0 Å². The number of hydrogen-bond donors (Lipinski definition) is 4. The van der Waals surface area contributed by atoms with Crippen LogP contribution in [0.25, 0.3) is 11.4 Å². The van der Waals surface area contributed by atoms with Crippen molar-refractivity contribution in [3.8, 4) is 11.4 Å². The first kappa shape index (κ1) is 37.9. The lowest BCUT2D eigenvalue weighted by atomic mass is 10.1. The molecule has 2 aromatic rings. The van der Waals surface area contributed by atoms with E-state index in [1.807, 2.05) is 30.3 Å². The molecule has 1 saturated heterocycles. The number of piperazine rings is 1. The highest BCUT2D eigenvalue weighted by Gasteiger charge is 2.44. The van der Waals surface area contributed by atoms with Gasteiger partial charge in [0.15, 0.2) is 5.82 Å². The molecule has 0 unspecified atom stereocenters. The van der Waals surface area contributed by atoms with Crippen LogP contribution in [-0.4, -0.2) is 112 Å². The van der Waals surface area contributed by atoms with Gasteiger partial charge in [0.05, 0.1) is 6.61 Å². The summed E-state index contributed by atoms with van der Waals surface area (Å²) in [6.45, 7) is 3.05. The van der Waals surface area contributed by atoms with Crippen LogP contribution in [0.1, 0.15) is 55.9 Å². The fourth-order valence-electron chi connectivity index (χ4n) is 4.94. The zero-order chi connectivity index (χ0) is 35.5. The molecule has 0 radical (unpaired) electrons. The molecule has 19 heteroatoms. The van der Waals surface area contributed by atoms with Gasteiger partial charge in [0.25, 0.3) is 5.91 Å². The van der Waals surface area contributed by atoms with E-state index in [0.717, 1.165) is 31.2 Å². The van der Waals surface area contributed by atoms with Crippen molar-refractivity contribution in [3.63, 3.8) is 0 Å². The number of nitrogens with one attached hydrogen (secondary N) is 2. The van der Waals surface area contributed by atoms with E-state index < -0.39 is 45.5 Å². The molecule has 1 aliphatic heterocycles. The third kappa shape index (κ3) is 11.3. The topological polar surface area (TPSA) is 208 Å². The van der Waals surface area contributed by atoms with E-state index in [1.165, 1.54) is 9.80 Å². The van der Waals surface area contributed by atoms with Gasteiger partial charge in [0, 0.05) is 50.3 Å². The van der Waals surface area contributed by atoms with E-state index in [-0.39, 0.29) is 57.4 Å². The van der Waals surface area contributed by atoms with Crippen LogP contribution >= 0.6 is 0 Å². The Morgan fingerprint density at radius 2 is 1.60 bits per heavy atom. The summed E-state index contributed by atoms with van der Waals surface area (Å²) in [5.41, 5.74) is -4.72. The maximum absolute atomic E-state index is 13.5. The summed E-state index contributed by atoms with van der Waals surface area (Å²) in [4.78, 5) is 62.4. The largest absolute Gasteiger partial charge is 0.522 e. The maximum Gasteiger partial charge on any atom is 0.522 e. The number of nitrogens with zero attached hydrogens (tertiary/aromatic N) is 4. The third-order valence-electron chi connectivity index (χ3n) is 7.36. The Morgan fingerprint density at radius 3 is 2.15 bits per heavy atom. The average molecular weight is 703 g/mol. The van der Waals surface area contributed by atoms with Gasteiger partial charge >= 0.3 is 27.7 Å². The molecule has 1 saturated carbocycles. The van der Waals surface area contributed by atoms with Crippen molar-refractivity contribution in [1.29, 1.82) is 0 Å². The summed E-state index contributed by atoms with van der Waals surface area (Å²) in [5.74, 6) is -1.18. The predicted molar refractivity (Wildman–Crippen MR) is 164 cm³/mol. The number of carbonyl (C=O) groups excluding carboxylic acids is 3. The number of hydrogen-bond acceptors (Lipinski definition) is 10. The molecule has 4 N–H and O–H groups in total. The third-order valence-corrected chi connectivity index (χ3v) is 7.94. The molecular weight excluding hydrogens is 665 g/mol. The van der Waals surface area contributed by atoms with Crippen molar-refractivity contribution in [3.05, 3.63) is 42.1 Å². The Labute approximate surface area is 274 Å². The number of ether oxygens (including phenoxy) is 1. The second-order valence-corrected chi connectivity index (χ2v) is 12.3. The number of benzene rings is 1. The van der Waals surface area contributed by atoms with Crippen LogP contribution in [0.4, 0.5) is 23.8 Å². The molecule has 15 nitrogen and oxygen atoms in total. The molecule has 0 bridgehead atoms. The molecule has 2 heterocycles. The van der Waals surface area contributed by atoms with Gasteiger partial charge in [-0.05, 0) is 26.2 Å². The number of anilines is 1. The number of amides is 3. The van der Waals surface area contributed by atoms with Crippen molar-refractivity contribution < 1.29 is 55.2 Å². The van der Waals surface area contributed by atoms with E-state index in [0.29, 0.717) is 11.6 Å². The SMILES string of the molecule is CCOC(=O)N1CCN(C(=O)[C@H](CCC(=O)O)NC(=O)c2cc(NC3CCCC3)nc(-c3ccccc3)n2)CC1.O=S(=O)(O)C(F)(F)F. The molecule has 1 aromatic heterocycles. The molecular formula is C29H37F3N6O9S. The second-order valence-electron chi connectivity index (χ2n) is 10.8. The summed E-state index contributed by atoms with van der Waals surface area (Å²) < 4.78 is 62.6. The van der Waals surface area contributed by atoms with Crippen LogP contribution in [0.5, 0.6) is 0 Å². The van der Waals surface area contributed by atoms with Crippen molar-refractivity contribution in [2.45, 2.75) is 63.0 Å². The van der Waals surface area contributed by atoms with Gasteiger partial charge in [-0.25, -0.2) is 14.8 Å². The van der Waals surface area contributed by atoms with Crippen LogP contribution in [-0.2, 0) is 24.4 Å². The number of alkyl halides is 3. The summed E-state index contributed by atoms with van der Waals surface area (Å²) in [5, 5.41) is 15.4. The van der Waals surface area contributed by atoms with Gasteiger partial charge in [0.1, 0.15) is 17.6 Å². The number of carbonyl (C=O) groups is 4. The average Bonchev–Trinajstić information content (AvgIpc) is 3.55. The maximum atomic E-state index is 13.5. The van der Waals surface area contributed by atoms with Crippen LogP contribution < -0.4 is 10.6 Å². The first-order valence-electron chi connectivity index (χ1n) is 15.1. The summed E-state index contributed by atoms with van der Waals surface area (Å²) in [6, 6.07) is 10.1. The minimum absolute atomic E-state index is 0.0783. The Bertz CT molecular complexity index is 1530. The first-order chi connectivity index (χ1) is 22.6. The van der Waals surface area contributed by atoms with E-state index in [9.17, 15) is 37.5 Å². The number of rotatable bonds is 10.